The maximum atomic E-state index is 11.6. The number of nitrogens with one attached hydrogen (secondary N) is 1. The van der Waals surface area contributed by atoms with Crippen LogP contribution in [0.1, 0.15) is 28.8 Å². The van der Waals surface area contributed by atoms with Crippen LogP contribution in [-0.4, -0.2) is 17.4 Å². The van der Waals surface area contributed by atoms with E-state index in [2.05, 4.69) is 5.32 Å². The van der Waals surface area contributed by atoms with Crippen LogP contribution < -0.4 is 11.1 Å². The third kappa shape index (κ3) is 4.40. The molecule has 0 saturated heterocycles. The molecule has 0 aliphatic heterocycles. The summed E-state index contributed by atoms with van der Waals surface area (Å²) in [6.45, 7) is 2.59. The van der Waals surface area contributed by atoms with E-state index < -0.39 is 0 Å². The van der Waals surface area contributed by atoms with E-state index >= 15 is 0 Å². The molecule has 16 heavy (non-hydrogen) atoms. The molecular formula is C12H16N2OS. The van der Waals surface area contributed by atoms with E-state index in [0.29, 0.717) is 23.5 Å². The first-order chi connectivity index (χ1) is 7.59. The molecule has 1 aromatic rings. The van der Waals surface area contributed by atoms with Gasteiger partial charge < -0.3 is 11.1 Å². The van der Waals surface area contributed by atoms with E-state index in [-0.39, 0.29) is 5.91 Å². The number of benzene rings is 1. The summed E-state index contributed by atoms with van der Waals surface area (Å²) < 4.78 is 0. The summed E-state index contributed by atoms with van der Waals surface area (Å²) in [6, 6.07) is 7.48. The van der Waals surface area contributed by atoms with E-state index in [1.807, 2.05) is 31.2 Å². The zero-order valence-corrected chi connectivity index (χ0v) is 10.1. The largest absolute Gasteiger partial charge is 0.393 e. The van der Waals surface area contributed by atoms with Gasteiger partial charge in [-0.2, -0.15) is 0 Å². The van der Waals surface area contributed by atoms with Crippen molar-refractivity contribution in [3.05, 3.63) is 35.4 Å². The quantitative estimate of drug-likeness (QED) is 0.605. The molecule has 0 bridgehead atoms. The van der Waals surface area contributed by atoms with Gasteiger partial charge in [0.15, 0.2) is 0 Å². The van der Waals surface area contributed by atoms with Crippen LogP contribution in [-0.2, 0) is 0 Å². The van der Waals surface area contributed by atoms with Gasteiger partial charge in [0.25, 0.3) is 5.91 Å². The maximum Gasteiger partial charge on any atom is 0.251 e. The lowest BCUT2D eigenvalue weighted by Gasteiger charge is -2.04. The van der Waals surface area contributed by atoms with Gasteiger partial charge in [-0.25, -0.2) is 0 Å². The van der Waals surface area contributed by atoms with Gasteiger partial charge in [0.2, 0.25) is 0 Å². The fourth-order valence-electron chi connectivity index (χ4n) is 1.27. The van der Waals surface area contributed by atoms with Gasteiger partial charge in [-0.05, 0) is 31.9 Å². The van der Waals surface area contributed by atoms with E-state index in [4.69, 9.17) is 18.0 Å². The third-order valence-corrected chi connectivity index (χ3v) is 2.40. The molecule has 0 aliphatic rings. The smallest absolute Gasteiger partial charge is 0.251 e. The van der Waals surface area contributed by atoms with Crippen molar-refractivity contribution in [2.75, 3.05) is 6.54 Å². The first-order valence-electron chi connectivity index (χ1n) is 5.23. The maximum absolute atomic E-state index is 11.6. The number of hydrogen-bond acceptors (Lipinski definition) is 2. The lowest BCUT2D eigenvalue weighted by molar-refractivity contribution is 0.0953. The molecule has 0 fully saturated rings. The number of rotatable bonds is 5. The van der Waals surface area contributed by atoms with Crippen LogP contribution in [0.15, 0.2) is 24.3 Å². The highest BCUT2D eigenvalue weighted by atomic mass is 32.1. The van der Waals surface area contributed by atoms with Crippen LogP contribution in [0.3, 0.4) is 0 Å². The van der Waals surface area contributed by atoms with Crippen molar-refractivity contribution >= 4 is 23.1 Å². The Bertz CT molecular complexity index is 373. The van der Waals surface area contributed by atoms with Gasteiger partial charge >= 0.3 is 0 Å². The fraction of sp³-hybridized carbons (Fsp3) is 0.333. The number of amides is 1. The topological polar surface area (TPSA) is 55.1 Å². The second-order valence-electron chi connectivity index (χ2n) is 3.69. The van der Waals surface area contributed by atoms with E-state index in [9.17, 15) is 4.79 Å². The summed E-state index contributed by atoms with van der Waals surface area (Å²) in [5.41, 5.74) is 7.18. The van der Waals surface area contributed by atoms with Crippen molar-refractivity contribution in [1.82, 2.24) is 5.32 Å². The summed E-state index contributed by atoms with van der Waals surface area (Å²) in [6.07, 6.45) is 1.45. The van der Waals surface area contributed by atoms with Gasteiger partial charge in [0.1, 0.15) is 0 Å². The summed E-state index contributed by atoms with van der Waals surface area (Å²) in [4.78, 5) is 12.1. The van der Waals surface area contributed by atoms with Crippen molar-refractivity contribution in [2.45, 2.75) is 19.8 Å². The SMILES string of the molecule is Cc1ccc(C(=O)NCCCC(N)=S)cc1. The highest BCUT2D eigenvalue weighted by molar-refractivity contribution is 7.80. The molecule has 4 heteroatoms. The third-order valence-electron chi connectivity index (χ3n) is 2.20. The Morgan fingerprint density at radius 2 is 2.00 bits per heavy atom. The Morgan fingerprint density at radius 3 is 2.56 bits per heavy atom. The second kappa shape index (κ2) is 6.23. The minimum absolute atomic E-state index is 0.0528. The summed E-state index contributed by atoms with van der Waals surface area (Å²) >= 11 is 4.75. The molecule has 1 amide bonds. The molecule has 0 aromatic heterocycles. The molecule has 1 aromatic carbocycles. The van der Waals surface area contributed by atoms with Gasteiger partial charge in [-0.15, -0.1) is 0 Å². The van der Waals surface area contributed by atoms with E-state index in [1.54, 1.807) is 0 Å². The standard InChI is InChI=1S/C12H16N2OS/c1-9-4-6-10(7-5-9)12(15)14-8-2-3-11(13)16/h4-7H,2-3,8H2,1H3,(H2,13,16)(H,14,15). The predicted molar refractivity (Wildman–Crippen MR) is 69.5 cm³/mol. The molecule has 0 radical (unpaired) electrons. The van der Waals surface area contributed by atoms with Crippen molar-refractivity contribution in [1.29, 1.82) is 0 Å². The Balaban J connectivity index is 2.35. The molecule has 3 nitrogen and oxygen atoms in total. The molecule has 0 atom stereocenters. The molecule has 0 heterocycles. The van der Waals surface area contributed by atoms with Crippen LogP contribution >= 0.6 is 12.2 Å². The number of thiocarbonyl (C=S) groups is 1. The highest BCUT2D eigenvalue weighted by Gasteiger charge is 2.03. The molecule has 0 unspecified atom stereocenters. The van der Waals surface area contributed by atoms with Crippen molar-refractivity contribution < 1.29 is 4.79 Å². The van der Waals surface area contributed by atoms with Gasteiger partial charge in [0.05, 0.1) is 4.99 Å². The van der Waals surface area contributed by atoms with Gasteiger partial charge in [-0.1, -0.05) is 29.9 Å². The Morgan fingerprint density at radius 1 is 1.38 bits per heavy atom. The van der Waals surface area contributed by atoms with Crippen LogP contribution in [0.2, 0.25) is 0 Å². The molecular weight excluding hydrogens is 220 g/mol. The van der Waals surface area contributed by atoms with Crippen molar-refractivity contribution in [3.8, 4) is 0 Å². The van der Waals surface area contributed by atoms with Gasteiger partial charge in [0, 0.05) is 12.1 Å². The highest BCUT2D eigenvalue weighted by Crippen LogP contribution is 2.02. The summed E-state index contributed by atoms with van der Waals surface area (Å²) in [5, 5.41) is 2.82. The minimum atomic E-state index is -0.0528. The summed E-state index contributed by atoms with van der Waals surface area (Å²) in [5.74, 6) is -0.0528. The minimum Gasteiger partial charge on any atom is -0.393 e. The number of hydrogen-bond donors (Lipinski definition) is 2. The Labute approximate surface area is 101 Å². The Kier molecular flexibility index (Phi) is 4.92. The number of carbonyl (C=O) groups excluding carboxylic acids is 1. The van der Waals surface area contributed by atoms with Crippen LogP contribution in [0.5, 0.6) is 0 Å². The van der Waals surface area contributed by atoms with Crippen LogP contribution in [0, 0.1) is 6.92 Å². The molecule has 1 rings (SSSR count). The normalized spacial score (nSPS) is 9.81. The second-order valence-corrected chi connectivity index (χ2v) is 4.22. The Hall–Kier alpha value is -1.42. The molecule has 0 saturated carbocycles. The summed E-state index contributed by atoms with van der Waals surface area (Å²) in [7, 11) is 0. The van der Waals surface area contributed by atoms with E-state index in [0.717, 1.165) is 12.0 Å². The average Bonchev–Trinajstić information content (AvgIpc) is 2.25. The number of aryl methyl sites for hydroxylation is 1. The number of nitrogens with two attached hydrogens (primary N) is 1. The van der Waals surface area contributed by atoms with Crippen molar-refractivity contribution in [2.24, 2.45) is 5.73 Å². The fourth-order valence-corrected chi connectivity index (χ4v) is 1.42. The number of carbonyl (C=O) groups is 1. The van der Waals surface area contributed by atoms with Crippen LogP contribution in [0.25, 0.3) is 0 Å². The monoisotopic (exact) mass is 236 g/mol. The molecule has 86 valence electrons. The lowest BCUT2D eigenvalue weighted by Crippen LogP contribution is -2.25. The predicted octanol–water partition coefficient (Wildman–Crippen LogP) is 1.79. The molecule has 0 spiro atoms. The van der Waals surface area contributed by atoms with Crippen LogP contribution in [0.4, 0.5) is 0 Å². The first kappa shape index (κ1) is 12.6. The van der Waals surface area contributed by atoms with Gasteiger partial charge in [-0.3, -0.25) is 4.79 Å². The van der Waals surface area contributed by atoms with Crippen molar-refractivity contribution in [3.63, 3.8) is 0 Å². The zero-order valence-electron chi connectivity index (χ0n) is 9.32. The molecule has 0 aliphatic carbocycles. The lowest BCUT2D eigenvalue weighted by atomic mass is 10.1. The molecule has 3 N–H and O–H groups in total. The average molecular weight is 236 g/mol. The zero-order chi connectivity index (χ0) is 12.0. The van der Waals surface area contributed by atoms with E-state index in [1.165, 1.54) is 0 Å². The first-order valence-corrected chi connectivity index (χ1v) is 5.63.